The lowest BCUT2D eigenvalue weighted by Gasteiger charge is -2.16. The Kier molecular flexibility index (Phi) is 4.84. The van der Waals surface area contributed by atoms with E-state index in [0.717, 1.165) is 10.4 Å². The molecular formula is C16H15ClN4OS2. The second-order valence-corrected chi connectivity index (χ2v) is 7.09. The molecule has 0 unspecified atom stereocenters. The number of hydrogen-bond donors (Lipinski definition) is 2. The van der Waals surface area contributed by atoms with Crippen LogP contribution in [-0.4, -0.2) is 20.7 Å². The second kappa shape index (κ2) is 6.88. The number of nitrogens with zero attached hydrogens (tertiary/aromatic N) is 2. The van der Waals surface area contributed by atoms with E-state index in [1.165, 1.54) is 11.3 Å². The summed E-state index contributed by atoms with van der Waals surface area (Å²) in [6, 6.07) is 8.82. The van der Waals surface area contributed by atoms with Crippen molar-refractivity contribution >= 4 is 46.8 Å². The molecule has 0 saturated heterocycles. The summed E-state index contributed by atoms with van der Waals surface area (Å²) in [6.07, 6.45) is 0. The zero-order valence-corrected chi connectivity index (χ0v) is 15.4. The Balaban J connectivity index is 1.89. The highest BCUT2D eigenvalue weighted by atomic mass is 35.5. The number of rotatable bonds is 4. The van der Waals surface area contributed by atoms with E-state index in [4.69, 9.17) is 23.8 Å². The van der Waals surface area contributed by atoms with Crippen LogP contribution in [0.15, 0.2) is 35.7 Å². The van der Waals surface area contributed by atoms with Crippen LogP contribution in [0.1, 0.15) is 18.5 Å². The minimum Gasteiger partial charge on any atom is -0.323 e. The van der Waals surface area contributed by atoms with Crippen molar-refractivity contribution in [3.8, 4) is 10.7 Å². The van der Waals surface area contributed by atoms with Crippen molar-refractivity contribution in [1.82, 2.24) is 14.8 Å². The first-order valence-electron chi connectivity index (χ1n) is 7.25. The third-order valence-electron chi connectivity index (χ3n) is 3.60. The molecule has 124 valence electrons. The summed E-state index contributed by atoms with van der Waals surface area (Å²) in [5.74, 6) is 0.434. The van der Waals surface area contributed by atoms with Gasteiger partial charge in [0.25, 0.3) is 0 Å². The largest absolute Gasteiger partial charge is 0.323 e. The number of aromatic amines is 1. The topological polar surface area (TPSA) is 62.7 Å². The molecule has 3 rings (SSSR count). The number of aromatic nitrogens is 3. The number of halogens is 1. The Hall–Kier alpha value is -1.96. The summed E-state index contributed by atoms with van der Waals surface area (Å²) in [5.41, 5.74) is 1.61. The van der Waals surface area contributed by atoms with Gasteiger partial charge in [0.1, 0.15) is 6.04 Å². The van der Waals surface area contributed by atoms with Gasteiger partial charge >= 0.3 is 0 Å². The number of thiophene rings is 1. The van der Waals surface area contributed by atoms with Gasteiger partial charge in [0.15, 0.2) is 10.6 Å². The van der Waals surface area contributed by atoms with E-state index in [0.29, 0.717) is 21.3 Å². The maximum Gasteiger partial charge on any atom is 0.247 e. The van der Waals surface area contributed by atoms with Crippen molar-refractivity contribution in [1.29, 1.82) is 0 Å². The molecule has 0 aliphatic heterocycles. The Morgan fingerprint density at radius 1 is 1.46 bits per heavy atom. The van der Waals surface area contributed by atoms with Gasteiger partial charge in [-0.2, -0.15) is 5.10 Å². The van der Waals surface area contributed by atoms with Crippen LogP contribution >= 0.6 is 35.2 Å². The number of aryl methyl sites for hydroxylation is 1. The highest BCUT2D eigenvalue weighted by Gasteiger charge is 2.22. The number of nitrogens with one attached hydrogen (secondary N) is 2. The number of anilines is 1. The number of carbonyl (C=O) groups excluding carboxylic acids is 1. The van der Waals surface area contributed by atoms with Gasteiger partial charge in [-0.25, -0.2) is 0 Å². The molecule has 1 amide bonds. The van der Waals surface area contributed by atoms with Crippen LogP contribution in [0.3, 0.4) is 0 Å². The SMILES string of the molecule is Cc1ccc(NC(=O)[C@H](C)n2c(-c3cccs3)n[nH]c2=S)c(Cl)c1. The number of hydrogen-bond acceptors (Lipinski definition) is 4. The van der Waals surface area contributed by atoms with Crippen LogP contribution in [0.25, 0.3) is 10.7 Å². The smallest absolute Gasteiger partial charge is 0.247 e. The highest BCUT2D eigenvalue weighted by Crippen LogP contribution is 2.27. The average Bonchev–Trinajstić information content (AvgIpc) is 3.18. The Labute approximate surface area is 153 Å². The van der Waals surface area contributed by atoms with E-state index in [1.807, 2.05) is 36.6 Å². The van der Waals surface area contributed by atoms with E-state index in [9.17, 15) is 4.79 Å². The molecule has 8 heteroatoms. The molecule has 0 fully saturated rings. The lowest BCUT2D eigenvalue weighted by Crippen LogP contribution is -2.24. The fourth-order valence-electron chi connectivity index (χ4n) is 2.32. The summed E-state index contributed by atoms with van der Waals surface area (Å²) in [5, 5.41) is 12.3. The first-order chi connectivity index (χ1) is 11.5. The van der Waals surface area contributed by atoms with Gasteiger partial charge in [0.2, 0.25) is 5.91 Å². The number of benzene rings is 1. The summed E-state index contributed by atoms with van der Waals surface area (Å²) in [6.45, 7) is 3.72. The Morgan fingerprint density at radius 2 is 2.25 bits per heavy atom. The van der Waals surface area contributed by atoms with Crippen LogP contribution in [0.4, 0.5) is 5.69 Å². The molecule has 3 aromatic rings. The van der Waals surface area contributed by atoms with Gasteiger partial charge in [-0.3, -0.25) is 14.5 Å². The normalized spacial score (nSPS) is 12.1. The number of carbonyl (C=O) groups is 1. The van der Waals surface area contributed by atoms with Gasteiger partial charge < -0.3 is 5.32 Å². The Bertz CT molecular complexity index is 930. The van der Waals surface area contributed by atoms with Crippen molar-refractivity contribution in [2.45, 2.75) is 19.9 Å². The van der Waals surface area contributed by atoms with E-state index in [-0.39, 0.29) is 5.91 Å². The fraction of sp³-hybridized carbons (Fsp3) is 0.188. The standard InChI is InChI=1S/C16H15ClN4OS2/c1-9-5-6-12(11(17)8-9)18-15(22)10(2)21-14(19-20-16(21)23)13-4-3-7-24-13/h3-8,10H,1-2H3,(H,18,22)(H,20,23)/t10-/m0/s1. The monoisotopic (exact) mass is 378 g/mol. The summed E-state index contributed by atoms with van der Waals surface area (Å²) in [7, 11) is 0. The van der Waals surface area contributed by atoms with Gasteiger partial charge in [-0.15, -0.1) is 11.3 Å². The first-order valence-corrected chi connectivity index (χ1v) is 8.91. The molecule has 0 aliphatic carbocycles. The van der Waals surface area contributed by atoms with Crippen molar-refractivity contribution < 1.29 is 4.79 Å². The van der Waals surface area contributed by atoms with Crippen LogP contribution in [0.2, 0.25) is 5.02 Å². The summed E-state index contributed by atoms with van der Waals surface area (Å²) in [4.78, 5) is 13.6. The van der Waals surface area contributed by atoms with Crippen LogP contribution < -0.4 is 5.32 Å². The van der Waals surface area contributed by atoms with E-state index in [2.05, 4.69) is 15.5 Å². The lowest BCUT2D eigenvalue weighted by molar-refractivity contribution is -0.118. The minimum atomic E-state index is -0.536. The molecule has 0 aliphatic rings. The molecule has 0 saturated carbocycles. The number of H-pyrrole nitrogens is 1. The average molecular weight is 379 g/mol. The predicted octanol–water partition coefficient (Wildman–Crippen LogP) is 4.83. The fourth-order valence-corrected chi connectivity index (χ4v) is 3.60. The van der Waals surface area contributed by atoms with Crippen molar-refractivity contribution in [3.63, 3.8) is 0 Å². The van der Waals surface area contributed by atoms with Gasteiger partial charge in [0, 0.05) is 0 Å². The summed E-state index contributed by atoms with van der Waals surface area (Å²) >= 11 is 13.0. The lowest BCUT2D eigenvalue weighted by atomic mass is 10.2. The molecule has 0 spiro atoms. The molecule has 1 atom stereocenters. The molecule has 2 N–H and O–H groups in total. The number of amides is 1. The molecule has 0 bridgehead atoms. The maximum absolute atomic E-state index is 12.6. The molecule has 0 radical (unpaired) electrons. The highest BCUT2D eigenvalue weighted by molar-refractivity contribution is 7.71. The molecule has 1 aromatic carbocycles. The van der Waals surface area contributed by atoms with Crippen molar-refractivity contribution in [3.05, 3.63) is 51.1 Å². The zero-order valence-electron chi connectivity index (χ0n) is 13.0. The van der Waals surface area contributed by atoms with Crippen LogP contribution in [-0.2, 0) is 4.79 Å². The molecule has 24 heavy (non-hydrogen) atoms. The van der Waals surface area contributed by atoms with Crippen molar-refractivity contribution in [2.75, 3.05) is 5.32 Å². The van der Waals surface area contributed by atoms with Gasteiger partial charge in [0.05, 0.1) is 15.6 Å². The van der Waals surface area contributed by atoms with Gasteiger partial charge in [-0.1, -0.05) is 23.7 Å². The van der Waals surface area contributed by atoms with Crippen LogP contribution in [0.5, 0.6) is 0 Å². The Morgan fingerprint density at radius 3 is 2.92 bits per heavy atom. The molecule has 5 nitrogen and oxygen atoms in total. The third kappa shape index (κ3) is 3.28. The van der Waals surface area contributed by atoms with E-state index in [1.54, 1.807) is 17.6 Å². The van der Waals surface area contributed by atoms with E-state index < -0.39 is 6.04 Å². The molecule has 2 aromatic heterocycles. The van der Waals surface area contributed by atoms with E-state index >= 15 is 0 Å². The van der Waals surface area contributed by atoms with Crippen LogP contribution in [0, 0.1) is 11.7 Å². The predicted molar refractivity (Wildman–Crippen MR) is 100 cm³/mol. The zero-order chi connectivity index (χ0) is 17.3. The maximum atomic E-state index is 12.6. The minimum absolute atomic E-state index is 0.212. The molecular weight excluding hydrogens is 364 g/mol. The first kappa shape index (κ1) is 16.9. The van der Waals surface area contributed by atoms with Crippen molar-refractivity contribution in [2.24, 2.45) is 0 Å². The second-order valence-electron chi connectivity index (χ2n) is 5.35. The third-order valence-corrected chi connectivity index (χ3v) is 5.06. The quantitative estimate of drug-likeness (QED) is 0.639. The summed E-state index contributed by atoms with van der Waals surface area (Å²) < 4.78 is 2.11. The van der Waals surface area contributed by atoms with Gasteiger partial charge in [-0.05, 0) is 55.2 Å². The molecule has 2 heterocycles.